The first-order valence-electron chi connectivity index (χ1n) is 8.00. The number of benzene rings is 2. The molecule has 1 fully saturated rings. The summed E-state index contributed by atoms with van der Waals surface area (Å²) in [7, 11) is 3.00. The molecule has 0 spiro atoms. The predicted octanol–water partition coefficient (Wildman–Crippen LogP) is 2.81. The van der Waals surface area contributed by atoms with E-state index in [2.05, 4.69) is 5.32 Å². The highest BCUT2D eigenvalue weighted by Crippen LogP contribution is 2.35. The molecule has 1 aliphatic rings. The summed E-state index contributed by atoms with van der Waals surface area (Å²) in [5.41, 5.74) is -0.459. The summed E-state index contributed by atoms with van der Waals surface area (Å²) in [5.74, 6) is 0.0338. The first-order valence-corrected chi connectivity index (χ1v) is 8.00. The summed E-state index contributed by atoms with van der Waals surface area (Å²) < 4.78 is 24.4. The summed E-state index contributed by atoms with van der Waals surface area (Å²) >= 11 is 0. The highest BCUT2D eigenvalue weighted by molar-refractivity contribution is 6.07. The van der Waals surface area contributed by atoms with Crippen molar-refractivity contribution in [2.45, 2.75) is 19.0 Å². The standard InChI is InChI=1S/C19H19FN2O4/c1-19(13-8-9-15(25-2)16(10-13)26-3)17(23)22(18(24)21-19)11-12-6-4-5-7-14(12)20/h4-10H,11H2,1-3H3,(H,21,24)/t19-/m0/s1. The number of halogens is 1. The molecule has 26 heavy (non-hydrogen) atoms. The van der Waals surface area contributed by atoms with Gasteiger partial charge in [-0.3, -0.25) is 9.69 Å². The van der Waals surface area contributed by atoms with Crippen molar-refractivity contribution in [2.24, 2.45) is 0 Å². The number of hydrogen-bond acceptors (Lipinski definition) is 4. The maximum atomic E-state index is 13.9. The van der Waals surface area contributed by atoms with Crippen LogP contribution in [0.1, 0.15) is 18.1 Å². The normalized spacial score (nSPS) is 19.5. The molecule has 2 aromatic rings. The van der Waals surface area contributed by atoms with E-state index in [-0.39, 0.29) is 12.1 Å². The van der Waals surface area contributed by atoms with Crippen LogP contribution in [0.15, 0.2) is 42.5 Å². The zero-order valence-corrected chi connectivity index (χ0v) is 14.7. The van der Waals surface area contributed by atoms with E-state index in [0.29, 0.717) is 17.1 Å². The van der Waals surface area contributed by atoms with Gasteiger partial charge in [0, 0.05) is 5.56 Å². The minimum absolute atomic E-state index is 0.139. The van der Waals surface area contributed by atoms with E-state index in [1.54, 1.807) is 43.3 Å². The zero-order chi connectivity index (χ0) is 18.9. The van der Waals surface area contributed by atoms with Crippen LogP contribution in [0.4, 0.5) is 9.18 Å². The molecule has 3 amide bonds. The lowest BCUT2D eigenvalue weighted by Crippen LogP contribution is -2.40. The topological polar surface area (TPSA) is 67.9 Å². The van der Waals surface area contributed by atoms with Gasteiger partial charge in [0.25, 0.3) is 5.91 Å². The molecule has 1 aliphatic heterocycles. The highest BCUT2D eigenvalue weighted by Gasteiger charge is 2.49. The molecule has 0 saturated carbocycles. The van der Waals surface area contributed by atoms with Gasteiger partial charge in [-0.15, -0.1) is 0 Å². The lowest BCUT2D eigenvalue weighted by Gasteiger charge is -2.23. The maximum absolute atomic E-state index is 13.9. The van der Waals surface area contributed by atoms with Crippen LogP contribution < -0.4 is 14.8 Å². The number of rotatable bonds is 5. The van der Waals surface area contributed by atoms with Crippen molar-refractivity contribution in [1.82, 2.24) is 10.2 Å². The first kappa shape index (κ1) is 17.7. The number of ether oxygens (including phenoxy) is 2. The fraction of sp³-hybridized carbons (Fsp3) is 0.263. The molecule has 6 nitrogen and oxygen atoms in total. The fourth-order valence-electron chi connectivity index (χ4n) is 2.98. The van der Waals surface area contributed by atoms with E-state index in [9.17, 15) is 14.0 Å². The third-order valence-corrected chi connectivity index (χ3v) is 4.52. The monoisotopic (exact) mass is 358 g/mol. The Balaban J connectivity index is 1.93. The highest BCUT2D eigenvalue weighted by atomic mass is 19.1. The molecule has 1 atom stereocenters. The molecular weight excluding hydrogens is 339 g/mol. The van der Waals surface area contributed by atoms with Crippen molar-refractivity contribution >= 4 is 11.9 Å². The number of urea groups is 1. The Labute approximate surface area is 150 Å². The van der Waals surface area contributed by atoms with Gasteiger partial charge in [-0.25, -0.2) is 9.18 Å². The molecule has 0 unspecified atom stereocenters. The average molecular weight is 358 g/mol. The molecule has 136 valence electrons. The summed E-state index contributed by atoms with van der Waals surface area (Å²) in [6, 6.07) is 10.5. The van der Waals surface area contributed by atoms with Crippen LogP contribution in [0.3, 0.4) is 0 Å². The Kier molecular flexibility index (Phi) is 4.54. The number of methoxy groups -OCH3 is 2. The van der Waals surface area contributed by atoms with E-state index in [4.69, 9.17) is 9.47 Å². The number of nitrogens with zero attached hydrogens (tertiary/aromatic N) is 1. The quantitative estimate of drug-likeness (QED) is 0.835. The van der Waals surface area contributed by atoms with Crippen LogP contribution >= 0.6 is 0 Å². The largest absolute Gasteiger partial charge is 0.493 e. The predicted molar refractivity (Wildman–Crippen MR) is 92.4 cm³/mol. The Hall–Kier alpha value is -3.09. The van der Waals surface area contributed by atoms with Crippen LogP contribution in [-0.2, 0) is 16.9 Å². The lowest BCUT2D eigenvalue weighted by molar-refractivity contribution is -0.131. The SMILES string of the molecule is COc1ccc([C@]2(C)NC(=O)N(Cc3ccccc3F)C2=O)cc1OC. The Morgan fingerprint density at radius 1 is 1.08 bits per heavy atom. The second kappa shape index (κ2) is 6.67. The van der Waals surface area contributed by atoms with Gasteiger partial charge in [-0.1, -0.05) is 24.3 Å². The molecule has 2 aromatic carbocycles. The van der Waals surface area contributed by atoms with Gasteiger partial charge in [0.05, 0.1) is 20.8 Å². The van der Waals surface area contributed by atoms with Gasteiger partial charge >= 0.3 is 6.03 Å². The van der Waals surface area contributed by atoms with Crippen molar-refractivity contribution in [3.63, 3.8) is 0 Å². The molecule has 1 N–H and O–H groups in total. The third kappa shape index (κ3) is 2.85. The second-order valence-corrected chi connectivity index (χ2v) is 6.11. The number of hydrogen-bond donors (Lipinski definition) is 1. The van der Waals surface area contributed by atoms with Crippen LogP contribution in [0, 0.1) is 5.82 Å². The van der Waals surface area contributed by atoms with Gasteiger partial charge in [0.2, 0.25) is 0 Å². The molecule has 3 rings (SSSR count). The third-order valence-electron chi connectivity index (χ3n) is 4.52. The van der Waals surface area contributed by atoms with Gasteiger partial charge in [0.15, 0.2) is 11.5 Å². The van der Waals surface area contributed by atoms with Gasteiger partial charge in [-0.2, -0.15) is 0 Å². The summed E-state index contributed by atoms with van der Waals surface area (Å²) in [5, 5.41) is 2.69. The van der Waals surface area contributed by atoms with E-state index in [1.807, 2.05) is 0 Å². The smallest absolute Gasteiger partial charge is 0.325 e. The molecule has 7 heteroatoms. The van der Waals surface area contributed by atoms with Crippen LogP contribution in [0.25, 0.3) is 0 Å². The van der Waals surface area contributed by atoms with Gasteiger partial charge < -0.3 is 14.8 Å². The minimum atomic E-state index is -1.28. The summed E-state index contributed by atoms with van der Waals surface area (Å²) in [4.78, 5) is 26.3. The fourth-order valence-corrected chi connectivity index (χ4v) is 2.98. The molecule has 0 radical (unpaired) electrons. The number of imide groups is 1. The number of carbonyl (C=O) groups is 2. The zero-order valence-electron chi connectivity index (χ0n) is 14.7. The average Bonchev–Trinajstić information content (AvgIpc) is 2.86. The molecule has 1 saturated heterocycles. The van der Waals surface area contributed by atoms with Crippen molar-refractivity contribution in [2.75, 3.05) is 14.2 Å². The summed E-state index contributed by atoms with van der Waals surface area (Å²) in [6.45, 7) is 1.47. The minimum Gasteiger partial charge on any atom is -0.493 e. The van der Waals surface area contributed by atoms with Gasteiger partial charge in [-0.05, 0) is 30.7 Å². The number of carbonyl (C=O) groups excluding carboxylic acids is 2. The number of nitrogens with one attached hydrogen (secondary N) is 1. The van der Waals surface area contributed by atoms with Crippen LogP contribution in [-0.4, -0.2) is 31.1 Å². The van der Waals surface area contributed by atoms with Crippen LogP contribution in [0.2, 0.25) is 0 Å². The molecular formula is C19H19FN2O4. The Morgan fingerprint density at radius 3 is 2.42 bits per heavy atom. The molecule has 1 heterocycles. The lowest BCUT2D eigenvalue weighted by atomic mass is 9.91. The van der Waals surface area contributed by atoms with Crippen molar-refractivity contribution in [3.8, 4) is 11.5 Å². The first-order chi connectivity index (χ1) is 12.4. The van der Waals surface area contributed by atoms with Crippen LogP contribution in [0.5, 0.6) is 11.5 Å². The van der Waals surface area contributed by atoms with E-state index in [1.165, 1.54) is 20.3 Å². The molecule has 0 bridgehead atoms. The van der Waals surface area contributed by atoms with E-state index < -0.39 is 23.3 Å². The molecule has 0 aromatic heterocycles. The van der Waals surface area contributed by atoms with Gasteiger partial charge in [0.1, 0.15) is 11.4 Å². The second-order valence-electron chi connectivity index (χ2n) is 6.11. The Morgan fingerprint density at radius 2 is 1.77 bits per heavy atom. The van der Waals surface area contributed by atoms with Crippen molar-refractivity contribution in [1.29, 1.82) is 0 Å². The van der Waals surface area contributed by atoms with Crippen molar-refractivity contribution < 1.29 is 23.5 Å². The number of amides is 3. The molecule has 0 aliphatic carbocycles. The summed E-state index contributed by atoms with van der Waals surface area (Å²) in [6.07, 6.45) is 0. The maximum Gasteiger partial charge on any atom is 0.325 e. The van der Waals surface area contributed by atoms with E-state index >= 15 is 0 Å². The van der Waals surface area contributed by atoms with E-state index in [0.717, 1.165) is 4.90 Å². The Bertz CT molecular complexity index is 870. The van der Waals surface area contributed by atoms with Crippen molar-refractivity contribution in [3.05, 3.63) is 59.4 Å².